The van der Waals surface area contributed by atoms with Crippen molar-refractivity contribution in [3.8, 4) is 0 Å². The molecule has 22 N–H and O–H groups in total. The molecule has 694 valence electrons. The molecule has 0 aromatic rings. The van der Waals surface area contributed by atoms with Crippen LogP contribution < -0.4 is 5.32 Å². The maximum absolute atomic E-state index is 12.3. The quantitative estimate of drug-likeness (QED) is 0.0263. The van der Waals surface area contributed by atoms with Gasteiger partial charge in [-0.15, -0.1) is 0 Å². The molecule has 0 radical (unpaired) electrons. The zero-order valence-electron chi connectivity index (χ0n) is 65.5. The Balaban J connectivity index is 1.09. The van der Waals surface area contributed by atoms with Crippen molar-refractivity contribution < 1.29 is 202 Å². The van der Waals surface area contributed by atoms with E-state index in [1.807, 2.05) is 6.92 Å². The molecule has 30 heterocycles. The molecule has 40 atom stereocenters. The SMILES string of the molecule is CCCSCC1OC2OC3C(CSCCC(=O)O)OC(OC4C(CSCCC(=O)O)OC(OC5C(CSCCC(=O)O)OC(OC6C(CSCC)OC(OC7C(CSCC)OC(OC8C(CSCCC(=O)O)OC(OC9C(CSCCC(=O)O)OC(NC1C(O)C2O)C(O)C9O)C(O)C8O)C(O)C7O)C(O)C6O)C(O)C5O)C(O)C4O)C(O)C3O. The van der Waals surface area contributed by atoms with Gasteiger partial charge < -0.3 is 178 Å². The summed E-state index contributed by atoms with van der Waals surface area (Å²) in [4.78, 5) is 58.8. The molecule has 120 heavy (non-hydrogen) atoms. The average Bonchev–Trinajstić information content (AvgIpc) is 0.772. The van der Waals surface area contributed by atoms with Crippen molar-refractivity contribution in [3.63, 3.8) is 0 Å². The lowest BCUT2D eigenvalue weighted by Gasteiger charge is -2.51. The maximum Gasteiger partial charge on any atom is 0.304 e. The van der Waals surface area contributed by atoms with E-state index in [-0.39, 0.29) is 94.0 Å². The molecule has 0 aromatic carbocycles. The highest BCUT2D eigenvalue weighted by Gasteiger charge is 2.61. The van der Waals surface area contributed by atoms with Crippen LogP contribution in [0.2, 0.25) is 0 Å². The smallest absolute Gasteiger partial charge is 0.304 e. The van der Waals surface area contributed by atoms with Crippen molar-refractivity contribution in [2.75, 3.05) is 92.0 Å². The molecule has 50 heteroatoms. The number of carboxylic acid groups (broad SMARTS) is 5. The third-order valence-corrected chi connectivity index (χ3v) is 29.4. The maximum atomic E-state index is 12.3. The molecule has 30 rings (SSSR count). The van der Waals surface area contributed by atoms with Gasteiger partial charge in [-0.1, -0.05) is 20.8 Å². The van der Waals surface area contributed by atoms with Gasteiger partial charge in [-0.25, -0.2) is 0 Å². The molecular weight excluding hydrogens is 1770 g/mol. The van der Waals surface area contributed by atoms with Gasteiger partial charge in [-0.05, 0) is 23.7 Å². The van der Waals surface area contributed by atoms with Gasteiger partial charge in [-0.2, -0.15) is 94.1 Å². The fraction of sp³-hybridized carbons (Fsp3) is 0.929. The van der Waals surface area contributed by atoms with E-state index in [0.29, 0.717) is 23.7 Å². The van der Waals surface area contributed by atoms with Gasteiger partial charge in [0.2, 0.25) is 0 Å². The second-order valence-electron chi connectivity index (χ2n) is 29.6. The molecule has 0 aromatic heterocycles. The first-order chi connectivity index (χ1) is 57.2. The van der Waals surface area contributed by atoms with Gasteiger partial charge in [0.25, 0.3) is 0 Å². The number of ether oxygens (including phenoxy) is 15. The molecule has 40 unspecified atom stereocenters. The number of carboxylic acids is 5. The third-order valence-electron chi connectivity index (χ3n) is 20.9. The Hall–Kier alpha value is -1.13. The van der Waals surface area contributed by atoms with E-state index < -0.39 is 288 Å². The number of carbonyl (C=O) groups is 5. The Morgan fingerprint density at radius 2 is 0.425 bits per heavy atom. The van der Waals surface area contributed by atoms with Crippen LogP contribution in [0.4, 0.5) is 0 Å². The first kappa shape index (κ1) is 103. The van der Waals surface area contributed by atoms with Gasteiger partial charge in [0.1, 0.15) is 147 Å². The summed E-state index contributed by atoms with van der Waals surface area (Å²) in [5.41, 5.74) is 0. The predicted molar refractivity (Wildman–Crippen MR) is 428 cm³/mol. The van der Waals surface area contributed by atoms with Crippen molar-refractivity contribution in [1.29, 1.82) is 0 Å². The minimum atomic E-state index is -2.23. The number of hydrogen-bond donors (Lipinski definition) is 22. The van der Waals surface area contributed by atoms with E-state index in [4.69, 9.17) is 71.1 Å². The summed E-state index contributed by atoms with van der Waals surface area (Å²) >= 11 is 8.63. The summed E-state index contributed by atoms with van der Waals surface area (Å²) in [5.74, 6) is -6.49. The zero-order valence-corrected chi connectivity index (χ0v) is 72.0. The molecule has 0 saturated carbocycles. The molecule has 16 bridgehead atoms. The van der Waals surface area contributed by atoms with Gasteiger partial charge in [0.15, 0.2) is 44.0 Å². The van der Waals surface area contributed by atoms with E-state index in [2.05, 4.69) is 5.32 Å². The van der Waals surface area contributed by atoms with Crippen LogP contribution in [0.15, 0.2) is 0 Å². The average molecular weight is 1880 g/mol. The largest absolute Gasteiger partial charge is 0.481 e. The summed E-state index contributed by atoms with van der Waals surface area (Å²) in [5, 5.41) is 246. The Bertz CT molecular complexity index is 3120. The van der Waals surface area contributed by atoms with Gasteiger partial charge in [-0.3, -0.25) is 29.3 Å². The van der Waals surface area contributed by atoms with Crippen molar-refractivity contribution in [1.82, 2.24) is 5.32 Å². The van der Waals surface area contributed by atoms with Crippen LogP contribution in [0, 0.1) is 0 Å². The highest BCUT2D eigenvalue weighted by atomic mass is 32.2. The van der Waals surface area contributed by atoms with Crippen molar-refractivity contribution in [2.24, 2.45) is 0 Å². The van der Waals surface area contributed by atoms with Gasteiger partial charge in [0.05, 0.1) is 87.0 Å². The topological polar surface area (TPSA) is 661 Å². The highest BCUT2D eigenvalue weighted by Crippen LogP contribution is 2.42. The lowest BCUT2D eigenvalue weighted by molar-refractivity contribution is -0.391. The molecular formula is C70H115NO41S8. The first-order valence-electron chi connectivity index (χ1n) is 39.4. The summed E-state index contributed by atoms with van der Waals surface area (Å²) in [6.07, 6.45) is -74.6. The van der Waals surface area contributed by atoms with Crippen molar-refractivity contribution >= 4 is 124 Å². The molecule has 30 saturated heterocycles. The van der Waals surface area contributed by atoms with Gasteiger partial charge in [0, 0.05) is 74.8 Å². The number of aliphatic carboxylic acids is 5. The summed E-state index contributed by atoms with van der Waals surface area (Å²) in [6.45, 7) is 5.43. The van der Waals surface area contributed by atoms with Crippen LogP contribution in [0.3, 0.4) is 0 Å². The minimum absolute atomic E-state index is 0.0248. The third kappa shape index (κ3) is 27.5. The Labute approximate surface area is 724 Å². The second kappa shape index (κ2) is 49.8. The fourth-order valence-electron chi connectivity index (χ4n) is 14.6. The van der Waals surface area contributed by atoms with E-state index in [1.54, 1.807) is 13.8 Å². The van der Waals surface area contributed by atoms with Crippen molar-refractivity contribution in [2.45, 2.75) is 305 Å². The van der Waals surface area contributed by atoms with Crippen LogP contribution in [0.25, 0.3) is 0 Å². The number of hydrogen-bond acceptors (Lipinski definition) is 45. The number of thioether (sulfide) groups is 8. The lowest BCUT2D eigenvalue weighted by atomic mass is 9.93. The van der Waals surface area contributed by atoms with E-state index in [0.717, 1.165) is 58.8 Å². The van der Waals surface area contributed by atoms with Crippen LogP contribution in [0.5, 0.6) is 0 Å². The van der Waals surface area contributed by atoms with Crippen LogP contribution >= 0.6 is 94.1 Å². The summed E-state index contributed by atoms with van der Waals surface area (Å²) < 4.78 is 95.2. The molecule has 0 amide bonds. The normalized spacial score (nSPS) is 43.6. The van der Waals surface area contributed by atoms with Crippen LogP contribution in [-0.2, 0) is 95.0 Å². The monoisotopic (exact) mass is 1880 g/mol. The Kier molecular flexibility index (Phi) is 42.5. The Morgan fingerprint density at radius 1 is 0.233 bits per heavy atom. The number of aliphatic hydroxyl groups is 16. The standard InChI is InChI=1S/C70H115NO41S8/c1-4-12-115-18-26-39-40(82)49(91)64(99-26)107-59-30(22-117-14-8-35(74)75)103-69(53(95)44(59)86)111-62-33(25-120-17-11-38(80)81)105-70(55(97)47(62)89)112-61-32(24-119-16-10-37(78)79)104-68(54(96)46(61)88)109-58-29(20-114-6-3)100-65(50(92)42(58)84)108-57-28(19-113-5-2)101-66(51(93)43(57)85)110-60-31(23-118-15-9-36(76)77)102-67(52(94)45(60)87)106-56-27(21-116-13-7-34(72)73)98-63(71-39)48(90)41(56)83/h26-33,39-71,82-97H,4-25H2,1-3H3,(H,72,73)(H,74,75)(H,76,77)(H,78,79)(H,80,81). The summed E-state index contributed by atoms with van der Waals surface area (Å²) in [7, 11) is 0. The fourth-order valence-corrected chi connectivity index (χ4v) is 22.0. The van der Waals surface area contributed by atoms with Crippen LogP contribution in [0.1, 0.15) is 59.3 Å². The molecule has 30 aliphatic heterocycles. The van der Waals surface area contributed by atoms with E-state index >= 15 is 0 Å². The second-order valence-corrected chi connectivity index (χ2v) is 39.2. The zero-order chi connectivity index (χ0) is 87.5. The molecule has 0 spiro atoms. The number of rotatable bonds is 35. The Morgan fingerprint density at radius 3 is 0.650 bits per heavy atom. The molecule has 30 aliphatic rings. The molecule has 42 nitrogen and oxygen atoms in total. The minimum Gasteiger partial charge on any atom is -0.481 e. The van der Waals surface area contributed by atoms with Crippen molar-refractivity contribution in [3.05, 3.63) is 0 Å². The predicted octanol–water partition coefficient (Wildman–Crippen LogP) is -6.08. The van der Waals surface area contributed by atoms with E-state index in [1.165, 1.54) is 35.3 Å². The lowest BCUT2D eigenvalue weighted by Crippen LogP contribution is -2.71. The van der Waals surface area contributed by atoms with Gasteiger partial charge >= 0.3 is 29.8 Å². The summed E-state index contributed by atoms with van der Waals surface area (Å²) in [6, 6.07) is -1.48. The number of aliphatic hydroxyl groups excluding tert-OH is 16. The van der Waals surface area contributed by atoms with E-state index in [9.17, 15) is 131 Å². The molecule has 0 aliphatic carbocycles. The highest BCUT2D eigenvalue weighted by molar-refractivity contribution is 8.00. The molecule has 30 fully saturated rings. The first-order valence-corrected chi connectivity index (χ1v) is 48.6. The number of nitrogens with one attached hydrogen (secondary N) is 1. The van der Waals surface area contributed by atoms with Crippen LogP contribution in [-0.4, -0.2) is 475 Å².